The van der Waals surface area contributed by atoms with Gasteiger partial charge in [0.15, 0.2) is 12.6 Å². The summed E-state index contributed by atoms with van der Waals surface area (Å²) in [6.45, 7) is -0.232. The van der Waals surface area contributed by atoms with Crippen molar-refractivity contribution >= 4 is 0 Å². The number of aliphatic hydroxyl groups is 5. The van der Waals surface area contributed by atoms with Crippen LogP contribution in [0.1, 0.15) is 0 Å². The van der Waals surface area contributed by atoms with Gasteiger partial charge in [0, 0.05) is 14.2 Å². The van der Waals surface area contributed by atoms with E-state index >= 15 is 0 Å². The van der Waals surface area contributed by atoms with Crippen molar-refractivity contribution < 1.29 is 49.2 Å². The summed E-state index contributed by atoms with van der Waals surface area (Å²) in [7, 11) is 2.71. The van der Waals surface area contributed by atoms with Crippen LogP contribution in [-0.2, 0) is 23.7 Å². The van der Waals surface area contributed by atoms with Crippen LogP contribution < -0.4 is 0 Å². The van der Waals surface area contributed by atoms with Crippen LogP contribution in [0, 0.1) is 0 Å². The lowest BCUT2D eigenvalue weighted by molar-refractivity contribution is -0.367. The van der Waals surface area contributed by atoms with Gasteiger partial charge in [-0.3, -0.25) is 0 Å². The molecule has 0 spiro atoms. The molecule has 2 fully saturated rings. The Morgan fingerprint density at radius 2 is 1.61 bits per heavy atom. The Kier molecular flexibility index (Phi) is 6.68. The fourth-order valence-corrected chi connectivity index (χ4v) is 2.60. The Hall–Kier alpha value is -0.400. The lowest BCUT2D eigenvalue weighted by Gasteiger charge is -2.44. The molecule has 0 aromatic carbocycles. The third kappa shape index (κ3) is 3.99. The zero-order valence-electron chi connectivity index (χ0n) is 12.9. The quantitative estimate of drug-likeness (QED) is 0.342. The van der Waals surface area contributed by atoms with Gasteiger partial charge in [-0.2, -0.15) is 0 Å². The van der Waals surface area contributed by atoms with Crippen molar-refractivity contribution in [2.75, 3.05) is 27.4 Å². The number of hydrogen-bond acceptors (Lipinski definition) is 10. The third-order valence-corrected chi connectivity index (χ3v) is 3.97. The molecule has 0 unspecified atom stereocenters. The predicted molar refractivity (Wildman–Crippen MR) is 72.2 cm³/mol. The van der Waals surface area contributed by atoms with Gasteiger partial charge >= 0.3 is 0 Å². The highest BCUT2D eigenvalue weighted by atomic mass is 16.8. The Bertz CT molecular complexity index is 367. The zero-order chi connectivity index (χ0) is 17.1. The monoisotopic (exact) mass is 340 g/mol. The standard InChI is InChI=1S/C13H24O10/c1-19-4-6-8(16)9(17)11(20-2)13(22-6)23-12-10(18)7(15)5(14)3-21-12/h5-18H,3-4H2,1-2H3/t5-,6-,7-,8+,9-,10+,11+,12-,13-/m0/s1. The van der Waals surface area contributed by atoms with Gasteiger partial charge in [-0.05, 0) is 0 Å². The van der Waals surface area contributed by atoms with E-state index in [-0.39, 0.29) is 13.2 Å². The van der Waals surface area contributed by atoms with Crippen LogP contribution in [-0.4, -0.2) is 108 Å². The van der Waals surface area contributed by atoms with Crippen molar-refractivity contribution in [2.24, 2.45) is 0 Å². The van der Waals surface area contributed by atoms with Gasteiger partial charge in [-0.1, -0.05) is 0 Å². The first-order valence-electron chi connectivity index (χ1n) is 7.25. The lowest BCUT2D eigenvalue weighted by Crippen LogP contribution is -2.62. The number of rotatable bonds is 5. The molecule has 136 valence electrons. The first kappa shape index (κ1) is 18.9. The molecule has 2 saturated heterocycles. The largest absolute Gasteiger partial charge is 0.388 e. The number of methoxy groups -OCH3 is 2. The first-order valence-corrected chi connectivity index (χ1v) is 7.25. The van der Waals surface area contributed by atoms with Crippen LogP contribution in [0.15, 0.2) is 0 Å². The smallest absolute Gasteiger partial charge is 0.190 e. The second-order valence-electron chi connectivity index (χ2n) is 5.57. The molecule has 2 heterocycles. The summed E-state index contributed by atoms with van der Waals surface area (Å²) in [5, 5.41) is 49.1. The van der Waals surface area contributed by atoms with Crippen molar-refractivity contribution in [3.05, 3.63) is 0 Å². The van der Waals surface area contributed by atoms with Crippen molar-refractivity contribution in [3.8, 4) is 0 Å². The average molecular weight is 340 g/mol. The zero-order valence-corrected chi connectivity index (χ0v) is 12.9. The Morgan fingerprint density at radius 1 is 0.913 bits per heavy atom. The van der Waals surface area contributed by atoms with E-state index in [1.807, 2.05) is 0 Å². The van der Waals surface area contributed by atoms with Crippen molar-refractivity contribution in [1.82, 2.24) is 0 Å². The Balaban J connectivity index is 2.06. The Labute approximate surface area is 133 Å². The van der Waals surface area contributed by atoms with E-state index in [0.29, 0.717) is 0 Å². The molecular weight excluding hydrogens is 316 g/mol. The molecule has 2 rings (SSSR count). The highest BCUT2D eigenvalue weighted by molar-refractivity contribution is 4.91. The van der Waals surface area contributed by atoms with Gasteiger partial charge < -0.3 is 49.2 Å². The molecule has 2 aliphatic rings. The number of hydrogen-bond donors (Lipinski definition) is 5. The SMILES string of the molecule is COC[C@@H]1O[C@@H](O[C@@H]2OC[C@H](O)[C@H](O)[C@H]2O)[C@H](OC)[C@@H](O)[C@@H]1O. The highest BCUT2D eigenvalue weighted by Crippen LogP contribution is 2.27. The fourth-order valence-electron chi connectivity index (χ4n) is 2.60. The minimum absolute atomic E-state index is 0.00391. The van der Waals surface area contributed by atoms with E-state index in [9.17, 15) is 25.5 Å². The van der Waals surface area contributed by atoms with Gasteiger partial charge in [-0.15, -0.1) is 0 Å². The summed E-state index contributed by atoms with van der Waals surface area (Å²) in [5.74, 6) is 0. The number of ether oxygens (including phenoxy) is 5. The molecule has 2 aliphatic heterocycles. The molecule has 23 heavy (non-hydrogen) atoms. The number of aliphatic hydroxyl groups excluding tert-OH is 5. The maximum atomic E-state index is 10.1. The molecule has 0 radical (unpaired) electrons. The maximum Gasteiger partial charge on any atom is 0.190 e. The van der Waals surface area contributed by atoms with Crippen molar-refractivity contribution in [2.45, 2.75) is 55.3 Å². The van der Waals surface area contributed by atoms with E-state index < -0.39 is 55.3 Å². The minimum atomic E-state index is -1.51. The van der Waals surface area contributed by atoms with Crippen LogP contribution in [0.25, 0.3) is 0 Å². The summed E-state index contributed by atoms with van der Waals surface area (Å²) in [5.41, 5.74) is 0. The molecule has 0 bridgehead atoms. The molecule has 0 aromatic heterocycles. The summed E-state index contributed by atoms with van der Waals surface area (Å²) >= 11 is 0. The second-order valence-corrected chi connectivity index (χ2v) is 5.57. The normalized spacial score (nSPS) is 48.4. The van der Waals surface area contributed by atoms with Crippen molar-refractivity contribution in [1.29, 1.82) is 0 Å². The van der Waals surface area contributed by atoms with E-state index in [0.717, 1.165) is 0 Å². The van der Waals surface area contributed by atoms with Gasteiger partial charge in [0.25, 0.3) is 0 Å². The van der Waals surface area contributed by atoms with E-state index in [2.05, 4.69) is 0 Å². The molecule has 0 amide bonds. The molecule has 9 atom stereocenters. The highest BCUT2D eigenvalue weighted by Gasteiger charge is 2.48. The predicted octanol–water partition coefficient (Wildman–Crippen LogP) is -3.45. The summed E-state index contributed by atoms with van der Waals surface area (Å²) in [6, 6.07) is 0. The first-order chi connectivity index (χ1) is 10.9. The van der Waals surface area contributed by atoms with Gasteiger partial charge in [0.1, 0.15) is 42.7 Å². The third-order valence-electron chi connectivity index (χ3n) is 3.97. The van der Waals surface area contributed by atoms with Crippen molar-refractivity contribution in [3.63, 3.8) is 0 Å². The summed E-state index contributed by atoms with van der Waals surface area (Å²) in [6.07, 6.45) is -11.1. The fraction of sp³-hybridized carbons (Fsp3) is 1.00. The Morgan fingerprint density at radius 3 is 2.22 bits per heavy atom. The molecule has 10 nitrogen and oxygen atoms in total. The van der Waals surface area contributed by atoms with Crippen LogP contribution in [0.5, 0.6) is 0 Å². The summed E-state index contributed by atoms with van der Waals surface area (Å²) in [4.78, 5) is 0. The van der Waals surface area contributed by atoms with Gasteiger partial charge in [-0.25, -0.2) is 0 Å². The molecule has 0 aliphatic carbocycles. The van der Waals surface area contributed by atoms with E-state index in [1.165, 1.54) is 14.2 Å². The van der Waals surface area contributed by atoms with E-state index in [4.69, 9.17) is 23.7 Å². The van der Waals surface area contributed by atoms with Crippen LogP contribution >= 0.6 is 0 Å². The molecular formula is C13H24O10. The topological polar surface area (TPSA) is 147 Å². The van der Waals surface area contributed by atoms with Gasteiger partial charge in [0.05, 0.1) is 13.2 Å². The molecule has 10 heteroatoms. The maximum absolute atomic E-state index is 10.1. The van der Waals surface area contributed by atoms with Crippen LogP contribution in [0.4, 0.5) is 0 Å². The minimum Gasteiger partial charge on any atom is -0.388 e. The van der Waals surface area contributed by atoms with E-state index in [1.54, 1.807) is 0 Å². The van der Waals surface area contributed by atoms with Gasteiger partial charge in [0.2, 0.25) is 0 Å². The molecule has 0 aromatic rings. The van der Waals surface area contributed by atoms with Crippen LogP contribution in [0.2, 0.25) is 0 Å². The average Bonchev–Trinajstić information content (AvgIpc) is 2.53. The lowest BCUT2D eigenvalue weighted by atomic mass is 9.99. The summed E-state index contributed by atoms with van der Waals surface area (Å²) < 4.78 is 26.1. The molecule has 0 saturated carbocycles. The second kappa shape index (κ2) is 8.12. The van der Waals surface area contributed by atoms with Crippen LogP contribution in [0.3, 0.4) is 0 Å². The molecule has 5 N–H and O–H groups in total.